The number of amides is 1. The van der Waals surface area contributed by atoms with E-state index in [2.05, 4.69) is 4.98 Å². The third-order valence-corrected chi connectivity index (χ3v) is 4.41. The number of ether oxygens (including phenoxy) is 1. The third kappa shape index (κ3) is 3.41. The van der Waals surface area contributed by atoms with Crippen LogP contribution in [0.3, 0.4) is 0 Å². The van der Waals surface area contributed by atoms with Crippen molar-refractivity contribution in [2.45, 2.75) is 19.1 Å². The zero-order valence-corrected chi connectivity index (χ0v) is 13.9. The van der Waals surface area contributed by atoms with Gasteiger partial charge in [-0.15, -0.1) is 0 Å². The Labute approximate surface area is 145 Å². The number of halogens is 1. The van der Waals surface area contributed by atoms with Crippen LogP contribution < -0.4 is 0 Å². The van der Waals surface area contributed by atoms with Gasteiger partial charge in [-0.25, -0.2) is 0 Å². The molecule has 1 fully saturated rings. The van der Waals surface area contributed by atoms with Gasteiger partial charge in [-0.3, -0.25) is 14.6 Å². The minimum Gasteiger partial charge on any atom is -0.459 e. The number of esters is 1. The number of nitrogens with zero attached hydrogens (tertiary/aromatic N) is 2. The predicted molar refractivity (Wildman–Crippen MR) is 89.1 cm³/mol. The van der Waals surface area contributed by atoms with Crippen LogP contribution in [0.2, 0.25) is 5.02 Å². The molecule has 6 heteroatoms. The molecule has 0 spiro atoms. The van der Waals surface area contributed by atoms with E-state index in [0.717, 1.165) is 5.56 Å². The number of carbonyl (C=O) groups excluding carboxylic acids is 2. The normalized spacial score (nSPS) is 20.2. The minimum atomic E-state index is -0.524. The molecule has 24 heavy (non-hydrogen) atoms. The third-order valence-electron chi connectivity index (χ3n) is 4.17. The fourth-order valence-corrected chi connectivity index (χ4v) is 3.15. The average molecular weight is 345 g/mol. The molecule has 0 saturated carbocycles. The second-order valence-corrected chi connectivity index (χ2v) is 6.18. The van der Waals surface area contributed by atoms with Gasteiger partial charge >= 0.3 is 5.97 Å². The Hall–Kier alpha value is -2.40. The van der Waals surface area contributed by atoms with E-state index in [1.165, 1.54) is 0 Å². The maximum absolute atomic E-state index is 12.5. The van der Waals surface area contributed by atoms with Crippen molar-refractivity contribution in [2.75, 3.05) is 7.05 Å². The molecule has 0 bridgehead atoms. The summed E-state index contributed by atoms with van der Waals surface area (Å²) >= 11 is 5.90. The topological polar surface area (TPSA) is 59.5 Å². The van der Waals surface area contributed by atoms with E-state index in [4.69, 9.17) is 16.3 Å². The molecule has 5 nitrogen and oxygen atoms in total. The maximum atomic E-state index is 12.5. The van der Waals surface area contributed by atoms with Crippen LogP contribution in [0.1, 0.15) is 23.7 Å². The van der Waals surface area contributed by atoms with Gasteiger partial charge in [0.05, 0.1) is 17.7 Å². The Morgan fingerprint density at radius 1 is 1.33 bits per heavy atom. The second-order valence-electron chi connectivity index (χ2n) is 5.74. The van der Waals surface area contributed by atoms with Gasteiger partial charge in [-0.1, -0.05) is 41.9 Å². The molecule has 2 atom stereocenters. The lowest BCUT2D eigenvalue weighted by atomic mass is 9.94. The minimum absolute atomic E-state index is 0.0370. The van der Waals surface area contributed by atoms with Crippen LogP contribution in [-0.4, -0.2) is 28.8 Å². The Bertz CT molecular complexity index is 751. The summed E-state index contributed by atoms with van der Waals surface area (Å²) < 4.78 is 5.38. The average Bonchev–Trinajstić information content (AvgIpc) is 2.89. The summed E-state index contributed by atoms with van der Waals surface area (Å²) in [6, 6.07) is 12.5. The molecule has 1 amide bonds. The monoisotopic (exact) mass is 344 g/mol. The molecule has 1 aliphatic rings. The van der Waals surface area contributed by atoms with Crippen molar-refractivity contribution in [1.82, 2.24) is 9.88 Å². The first-order chi connectivity index (χ1) is 11.6. The summed E-state index contributed by atoms with van der Waals surface area (Å²) in [5.74, 6) is -0.987. The Kier molecular flexibility index (Phi) is 4.81. The fourth-order valence-electron chi connectivity index (χ4n) is 2.97. The van der Waals surface area contributed by atoms with E-state index in [9.17, 15) is 9.59 Å². The van der Waals surface area contributed by atoms with E-state index in [-0.39, 0.29) is 25.0 Å². The molecule has 0 aliphatic carbocycles. The van der Waals surface area contributed by atoms with Crippen molar-refractivity contribution in [3.63, 3.8) is 0 Å². The van der Waals surface area contributed by atoms with Gasteiger partial charge < -0.3 is 9.64 Å². The lowest BCUT2D eigenvalue weighted by molar-refractivity contribution is -0.151. The molecule has 1 saturated heterocycles. The summed E-state index contributed by atoms with van der Waals surface area (Å²) in [7, 11) is 1.71. The molecule has 3 rings (SSSR count). The molecule has 0 radical (unpaired) electrons. The van der Waals surface area contributed by atoms with Gasteiger partial charge in [0.15, 0.2) is 0 Å². The molecule has 1 aliphatic heterocycles. The highest BCUT2D eigenvalue weighted by Crippen LogP contribution is 2.37. The van der Waals surface area contributed by atoms with Gasteiger partial charge in [0.1, 0.15) is 6.61 Å². The first kappa shape index (κ1) is 16.5. The number of hydrogen-bond donors (Lipinski definition) is 0. The van der Waals surface area contributed by atoms with Crippen LogP contribution in [0.5, 0.6) is 0 Å². The number of aromatic nitrogens is 1. The number of benzene rings is 1. The highest BCUT2D eigenvalue weighted by atomic mass is 35.5. The van der Waals surface area contributed by atoms with Crippen molar-refractivity contribution in [3.05, 3.63) is 64.9 Å². The highest BCUT2D eigenvalue weighted by molar-refractivity contribution is 6.30. The smallest absolute Gasteiger partial charge is 0.312 e. The van der Waals surface area contributed by atoms with Gasteiger partial charge in [-0.05, 0) is 17.7 Å². The summed E-state index contributed by atoms with van der Waals surface area (Å²) in [5, 5.41) is 0.536. The molecule has 2 aromatic rings. The van der Waals surface area contributed by atoms with Crippen molar-refractivity contribution in [3.8, 4) is 0 Å². The van der Waals surface area contributed by atoms with Crippen LogP contribution in [0.15, 0.2) is 48.7 Å². The quantitative estimate of drug-likeness (QED) is 0.800. The number of likely N-dealkylation sites (tertiary alicyclic amines) is 1. The van der Waals surface area contributed by atoms with Crippen molar-refractivity contribution in [1.29, 1.82) is 0 Å². The fraction of sp³-hybridized carbons (Fsp3) is 0.278. The zero-order chi connectivity index (χ0) is 17.1. The van der Waals surface area contributed by atoms with Crippen LogP contribution in [0.4, 0.5) is 0 Å². The molecular formula is C18H17ClN2O3. The molecule has 124 valence electrons. The van der Waals surface area contributed by atoms with Gasteiger partial charge in [0, 0.05) is 24.7 Å². The predicted octanol–water partition coefficient (Wildman–Crippen LogP) is 3.00. The Balaban J connectivity index is 1.74. The second kappa shape index (κ2) is 7.01. The van der Waals surface area contributed by atoms with Crippen LogP contribution in [0.25, 0.3) is 0 Å². The number of pyridine rings is 1. The SMILES string of the molecule is CN1C(=O)CC(C(=O)OCc2cc(Cl)ccn2)C1c1ccccc1. The molecule has 0 N–H and O–H groups in total. The van der Waals surface area contributed by atoms with E-state index >= 15 is 0 Å². The van der Waals surface area contributed by atoms with Crippen LogP contribution in [0, 0.1) is 5.92 Å². The zero-order valence-electron chi connectivity index (χ0n) is 13.2. The largest absolute Gasteiger partial charge is 0.459 e. The standard InChI is InChI=1S/C18H17ClN2O3/c1-21-16(22)10-15(17(21)12-5-3-2-4-6-12)18(23)24-11-14-9-13(19)7-8-20-14/h2-9,15,17H,10-11H2,1H3. The number of carbonyl (C=O) groups is 2. The first-order valence-electron chi connectivity index (χ1n) is 7.64. The van der Waals surface area contributed by atoms with Crippen molar-refractivity contribution >= 4 is 23.5 Å². The molecule has 2 heterocycles. The first-order valence-corrected chi connectivity index (χ1v) is 8.01. The maximum Gasteiger partial charge on any atom is 0.312 e. The van der Waals surface area contributed by atoms with E-state index < -0.39 is 11.9 Å². The molecule has 2 unspecified atom stereocenters. The lowest BCUT2D eigenvalue weighted by Gasteiger charge is -2.24. The van der Waals surface area contributed by atoms with Gasteiger partial charge in [-0.2, -0.15) is 0 Å². The number of rotatable bonds is 4. The number of hydrogen-bond acceptors (Lipinski definition) is 4. The highest BCUT2D eigenvalue weighted by Gasteiger charge is 2.43. The van der Waals surface area contributed by atoms with Crippen molar-refractivity contribution in [2.24, 2.45) is 5.92 Å². The van der Waals surface area contributed by atoms with E-state index in [0.29, 0.717) is 10.7 Å². The summed E-state index contributed by atoms with van der Waals surface area (Å²) in [6.45, 7) is 0.0370. The Morgan fingerprint density at radius 3 is 2.79 bits per heavy atom. The molecular weight excluding hydrogens is 328 g/mol. The van der Waals surface area contributed by atoms with Crippen molar-refractivity contribution < 1.29 is 14.3 Å². The molecule has 1 aromatic carbocycles. The summed E-state index contributed by atoms with van der Waals surface area (Å²) in [4.78, 5) is 30.3. The molecule has 1 aromatic heterocycles. The summed E-state index contributed by atoms with van der Waals surface area (Å²) in [6.07, 6.45) is 1.71. The van der Waals surface area contributed by atoms with Crippen LogP contribution in [-0.2, 0) is 20.9 Å². The Morgan fingerprint density at radius 2 is 2.08 bits per heavy atom. The van der Waals surface area contributed by atoms with Gasteiger partial charge in [0.2, 0.25) is 5.91 Å². The summed E-state index contributed by atoms with van der Waals surface area (Å²) in [5.41, 5.74) is 1.50. The van der Waals surface area contributed by atoms with Crippen LogP contribution >= 0.6 is 11.6 Å². The van der Waals surface area contributed by atoms with E-state index in [1.807, 2.05) is 30.3 Å². The van der Waals surface area contributed by atoms with E-state index in [1.54, 1.807) is 30.3 Å². The lowest BCUT2D eigenvalue weighted by Crippen LogP contribution is -2.27. The van der Waals surface area contributed by atoms with Gasteiger partial charge in [0.25, 0.3) is 0 Å².